The van der Waals surface area contributed by atoms with E-state index >= 15 is 0 Å². The quantitative estimate of drug-likeness (QED) is 0.625. The van der Waals surface area contributed by atoms with Gasteiger partial charge in [-0.1, -0.05) is 6.07 Å². The molecular formula is C12H16N2O3. The van der Waals surface area contributed by atoms with Crippen molar-refractivity contribution in [2.75, 3.05) is 13.7 Å². The topological polar surface area (TPSA) is 78.4 Å². The minimum atomic E-state index is -0.432. The second kappa shape index (κ2) is 4.33. The Bertz CT molecular complexity index is 441. The number of hydrogen-bond acceptors (Lipinski definition) is 4. The van der Waals surface area contributed by atoms with Crippen LogP contribution in [0.5, 0.6) is 5.75 Å². The van der Waals surface area contributed by atoms with Crippen LogP contribution in [0.4, 0.5) is 5.69 Å². The largest absolute Gasteiger partial charge is 0.490 e. The van der Waals surface area contributed by atoms with E-state index in [2.05, 4.69) is 0 Å². The summed E-state index contributed by atoms with van der Waals surface area (Å²) in [4.78, 5) is 10.3. The lowest BCUT2D eigenvalue weighted by molar-refractivity contribution is -0.385. The van der Waals surface area contributed by atoms with Crippen LogP contribution < -0.4 is 10.5 Å². The molecule has 0 amide bonds. The van der Waals surface area contributed by atoms with Crippen LogP contribution in [0.2, 0.25) is 0 Å². The van der Waals surface area contributed by atoms with Crippen LogP contribution in [-0.4, -0.2) is 18.6 Å². The molecule has 92 valence electrons. The van der Waals surface area contributed by atoms with Crippen molar-refractivity contribution in [1.82, 2.24) is 0 Å². The fourth-order valence-corrected chi connectivity index (χ4v) is 2.05. The summed E-state index contributed by atoms with van der Waals surface area (Å²) in [5.74, 6) is 0.320. The second-order valence-electron chi connectivity index (χ2n) is 4.64. The zero-order valence-electron chi connectivity index (χ0n) is 9.81. The Morgan fingerprint density at radius 2 is 2.24 bits per heavy atom. The van der Waals surface area contributed by atoms with E-state index in [0.717, 1.165) is 24.8 Å². The molecule has 0 aliphatic heterocycles. The number of methoxy groups -OCH3 is 1. The van der Waals surface area contributed by atoms with Crippen molar-refractivity contribution in [3.63, 3.8) is 0 Å². The molecule has 1 aromatic rings. The molecule has 0 spiro atoms. The maximum atomic E-state index is 10.8. The summed E-state index contributed by atoms with van der Waals surface area (Å²) in [7, 11) is 1.45. The lowest BCUT2D eigenvalue weighted by Crippen LogP contribution is -2.17. The molecular weight excluding hydrogens is 220 g/mol. The molecule has 2 N–H and O–H groups in total. The molecule has 17 heavy (non-hydrogen) atoms. The Morgan fingerprint density at radius 1 is 1.53 bits per heavy atom. The van der Waals surface area contributed by atoms with Crippen LogP contribution >= 0.6 is 0 Å². The van der Waals surface area contributed by atoms with Gasteiger partial charge in [0.2, 0.25) is 0 Å². The summed E-state index contributed by atoms with van der Waals surface area (Å²) in [6.07, 6.45) is 3.16. The smallest absolute Gasteiger partial charge is 0.310 e. The van der Waals surface area contributed by atoms with E-state index in [1.807, 2.05) is 0 Å². The average Bonchev–Trinajstić information content (AvgIpc) is 3.09. The van der Waals surface area contributed by atoms with Crippen LogP contribution in [0.15, 0.2) is 18.2 Å². The zero-order chi connectivity index (χ0) is 12.5. The molecule has 1 aliphatic carbocycles. The number of ether oxygens (including phenoxy) is 1. The Balaban J connectivity index is 2.22. The number of nitro groups is 1. The number of nitro benzene ring substituents is 1. The fourth-order valence-electron chi connectivity index (χ4n) is 2.05. The van der Waals surface area contributed by atoms with E-state index < -0.39 is 4.92 Å². The van der Waals surface area contributed by atoms with Gasteiger partial charge < -0.3 is 10.5 Å². The molecule has 1 aromatic carbocycles. The number of rotatable bonds is 5. The van der Waals surface area contributed by atoms with Gasteiger partial charge in [0, 0.05) is 6.07 Å². The molecule has 0 bridgehead atoms. The van der Waals surface area contributed by atoms with E-state index in [1.165, 1.54) is 13.2 Å². The Hall–Kier alpha value is -1.62. The SMILES string of the molecule is COc1cc(CC2(CN)CC2)ccc1[N+](=O)[O-]. The van der Waals surface area contributed by atoms with Crippen molar-refractivity contribution in [3.05, 3.63) is 33.9 Å². The van der Waals surface area contributed by atoms with Gasteiger partial charge in [0.15, 0.2) is 5.75 Å². The van der Waals surface area contributed by atoms with Crippen molar-refractivity contribution >= 4 is 5.69 Å². The van der Waals surface area contributed by atoms with Gasteiger partial charge in [-0.3, -0.25) is 10.1 Å². The van der Waals surface area contributed by atoms with Crippen molar-refractivity contribution in [1.29, 1.82) is 0 Å². The van der Waals surface area contributed by atoms with Gasteiger partial charge in [-0.2, -0.15) is 0 Å². The van der Waals surface area contributed by atoms with Crippen molar-refractivity contribution < 1.29 is 9.66 Å². The van der Waals surface area contributed by atoms with Crippen LogP contribution in [-0.2, 0) is 6.42 Å². The average molecular weight is 236 g/mol. The van der Waals surface area contributed by atoms with Gasteiger partial charge in [-0.25, -0.2) is 0 Å². The number of nitrogens with zero attached hydrogens (tertiary/aromatic N) is 1. The third-order valence-corrected chi connectivity index (χ3v) is 3.41. The highest BCUT2D eigenvalue weighted by Crippen LogP contribution is 2.47. The summed E-state index contributed by atoms with van der Waals surface area (Å²) in [6.45, 7) is 0.673. The summed E-state index contributed by atoms with van der Waals surface area (Å²) >= 11 is 0. The predicted molar refractivity (Wildman–Crippen MR) is 64.1 cm³/mol. The molecule has 0 atom stereocenters. The molecule has 0 heterocycles. The Morgan fingerprint density at radius 3 is 2.71 bits per heavy atom. The van der Waals surface area contributed by atoms with Crippen LogP contribution in [0.3, 0.4) is 0 Å². The van der Waals surface area contributed by atoms with Gasteiger partial charge in [-0.15, -0.1) is 0 Å². The predicted octanol–water partition coefficient (Wildman–Crippen LogP) is 1.88. The molecule has 0 radical (unpaired) electrons. The lowest BCUT2D eigenvalue weighted by atomic mass is 9.96. The number of benzene rings is 1. The molecule has 1 aliphatic rings. The second-order valence-corrected chi connectivity index (χ2v) is 4.64. The first-order chi connectivity index (χ1) is 8.10. The first-order valence-corrected chi connectivity index (χ1v) is 5.62. The summed E-state index contributed by atoms with van der Waals surface area (Å²) in [6, 6.07) is 5.03. The fraction of sp³-hybridized carbons (Fsp3) is 0.500. The minimum absolute atomic E-state index is 0.00819. The van der Waals surface area contributed by atoms with E-state index in [9.17, 15) is 10.1 Å². The minimum Gasteiger partial charge on any atom is -0.490 e. The number of nitrogens with two attached hydrogens (primary N) is 1. The van der Waals surface area contributed by atoms with E-state index in [4.69, 9.17) is 10.5 Å². The third kappa shape index (κ3) is 2.39. The molecule has 0 saturated heterocycles. The molecule has 2 rings (SSSR count). The number of hydrogen-bond donors (Lipinski definition) is 1. The van der Waals surface area contributed by atoms with E-state index in [-0.39, 0.29) is 11.1 Å². The highest BCUT2D eigenvalue weighted by molar-refractivity contribution is 5.48. The Labute approximate surface area is 99.7 Å². The van der Waals surface area contributed by atoms with Crippen LogP contribution in [0.25, 0.3) is 0 Å². The summed E-state index contributed by atoms with van der Waals surface area (Å²) in [5, 5.41) is 10.8. The Kier molecular flexibility index (Phi) is 3.02. The monoisotopic (exact) mass is 236 g/mol. The van der Waals surface area contributed by atoms with E-state index in [0.29, 0.717) is 12.3 Å². The van der Waals surface area contributed by atoms with E-state index in [1.54, 1.807) is 12.1 Å². The lowest BCUT2D eigenvalue weighted by Gasteiger charge is -2.12. The maximum absolute atomic E-state index is 10.8. The highest BCUT2D eigenvalue weighted by Gasteiger charge is 2.41. The molecule has 1 fully saturated rings. The van der Waals surface area contributed by atoms with Crippen molar-refractivity contribution in [2.24, 2.45) is 11.1 Å². The zero-order valence-corrected chi connectivity index (χ0v) is 9.81. The van der Waals surface area contributed by atoms with Gasteiger partial charge in [0.05, 0.1) is 12.0 Å². The molecule has 5 heteroatoms. The van der Waals surface area contributed by atoms with Crippen molar-refractivity contribution in [2.45, 2.75) is 19.3 Å². The van der Waals surface area contributed by atoms with Gasteiger partial charge in [0.1, 0.15) is 0 Å². The standard InChI is InChI=1S/C12H16N2O3/c1-17-11-6-9(2-3-10(11)14(15)16)7-12(8-13)4-5-12/h2-3,6H,4-5,7-8,13H2,1H3. The van der Waals surface area contributed by atoms with Gasteiger partial charge >= 0.3 is 5.69 Å². The van der Waals surface area contributed by atoms with Crippen LogP contribution in [0.1, 0.15) is 18.4 Å². The molecule has 1 saturated carbocycles. The normalized spacial score (nSPS) is 16.6. The van der Waals surface area contributed by atoms with Gasteiger partial charge in [-0.05, 0) is 42.9 Å². The summed E-state index contributed by atoms with van der Waals surface area (Å²) in [5.41, 5.74) is 7.01. The third-order valence-electron chi connectivity index (χ3n) is 3.41. The molecule has 0 aromatic heterocycles. The first kappa shape index (κ1) is 11.9. The van der Waals surface area contributed by atoms with Crippen LogP contribution in [0, 0.1) is 15.5 Å². The maximum Gasteiger partial charge on any atom is 0.310 e. The first-order valence-electron chi connectivity index (χ1n) is 5.62. The molecule has 0 unspecified atom stereocenters. The van der Waals surface area contributed by atoms with Gasteiger partial charge in [0.25, 0.3) is 0 Å². The summed E-state index contributed by atoms with van der Waals surface area (Å²) < 4.78 is 5.04. The highest BCUT2D eigenvalue weighted by atomic mass is 16.6. The van der Waals surface area contributed by atoms with Crippen molar-refractivity contribution in [3.8, 4) is 5.75 Å². The molecule has 5 nitrogen and oxygen atoms in total.